The minimum Gasteiger partial charge on any atom is -0.469 e. The molecule has 6 heteroatoms. The fraction of sp³-hybridized carbons (Fsp3) is 0.900. The zero-order valence-electron chi connectivity index (χ0n) is 9.99. The van der Waals surface area contributed by atoms with Crippen molar-refractivity contribution >= 4 is 16.0 Å². The third kappa shape index (κ3) is 8.67. The number of methoxy groups -OCH3 is 1. The molecule has 0 spiro atoms. The van der Waals surface area contributed by atoms with Gasteiger partial charge in [-0.2, -0.15) is 0 Å². The second-order valence-electron chi connectivity index (χ2n) is 3.60. The lowest BCUT2D eigenvalue weighted by Crippen LogP contribution is -2.27. The molecule has 0 aliphatic heterocycles. The van der Waals surface area contributed by atoms with Gasteiger partial charge in [0.1, 0.15) is 0 Å². The van der Waals surface area contributed by atoms with Gasteiger partial charge in [0.25, 0.3) is 0 Å². The third-order valence-corrected chi connectivity index (χ3v) is 3.67. The molecule has 0 radical (unpaired) electrons. The maximum Gasteiger partial charge on any atom is 0.305 e. The van der Waals surface area contributed by atoms with Gasteiger partial charge in [-0.1, -0.05) is 13.3 Å². The fourth-order valence-corrected chi connectivity index (χ4v) is 2.38. The molecule has 0 bridgehead atoms. The van der Waals surface area contributed by atoms with Crippen molar-refractivity contribution in [2.45, 2.75) is 39.0 Å². The van der Waals surface area contributed by atoms with Crippen molar-refractivity contribution in [3.8, 4) is 0 Å². The topological polar surface area (TPSA) is 72.5 Å². The standard InChI is InChI=1S/C10H21NO4S/c1-3-9-16(13,14)11-8-6-4-5-7-10(12)15-2/h11H,3-9H2,1-2H3. The molecule has 0 aromatic heterocycles. The first-order valence-corrected chi connectivity index (χ1v) is 7.21. The molecule has 16 heavy (non-hydrogen) atoms. The summed E-state index contributed by atoms with van der Waals surface area (Å²) in [6.45, 7) is 2.28. The van der Waals surface area contributed by atoms with E-state index in [1.54, 1.807) is 0 Å². The largest absolute Gasteiger partial charge is 0.469 e. The SMILES string of the molecule is CCCS(=O)(=O)NCCCCCC(=O)OC. The summed E-state index contributed by atoms with van der Waals surface area (Å²) in [6, 6.07) is 0. The predicted octanol–water partition coefficient (Wildman–Crippen LogP) is 1.05. The minimum atomic E-state index is -3.08. The Bertz CT molecular complexity index is 287. The number of carbonyl (C=O) groups excluding carboxylic acids is 1. The fourth-order valence-electron chi connectivity index (χ4n) is 1.24. The zero-order chi connectivity index (χ0) is 12.4. The second-order valence-corrected chi connectivity index (χ2v) is 5.53. The first kappa shape index (κ1) is 15.4. The van der Waals surface area contributed by atoms with E-state index in [-0.39, 0.29) is 11.7 Å². The molecule has 1 N–H and O–H groups in total. The lowest BCUT2D eigenvalue weighted by atomic mass is 10.2. The number of esters is 1. The van der Waals surface area contributed by atoms with Crippen LogP contribution in [0.3, 0.4) is 0 Å². The molecule has 0 fully saturated rings. The molecular weight excluding hydrogens is 230 g/mol. The average molecular weight is 251 g/mol. The van der Waals surface area contributed by atoms with Crippen LogP contribution in [0.2, 0.25) is 0 Å². The molecular formula is C10H21NO4S. The van der Waals surface area contributed by atoms with E-state index in [9.17, 15) is 13.2 Å². The van der Waals surface area contributed by atoms with Gasteiger partial charge in [-0.3, -0.25) is 4.79 Å². The molecule has 5 nitrogen and oxygen atoms in total. The highest BCUT2D eigenvalue weighted by molar-refractivity contribution is 7.89. The maximum absolute atomic E-state index is 11.2. The Kier molecular flexibility index (Phi) is 8.19. The summed E-state index contributed by atoms with van der Waals surface area (Å²) >= 11 is 0. The van der Waals surface area contributed by atoms with Crippen LogP contribution < -0.4 is 4.72 Å². The Morgan fingerprint density at radius 1 is 1.25 bits per heavy atom. The summed E-state index contributed by atoms with van der Waals surface area (Å²) in [6.07, 6.45) is 3.34. The van der Waals surface area contributed by atoms with Gasteiger partial charge in [0.2, 0.25) is 10.0 Å². The van der Waals surface area contributed by atoms with Crippen LogP contribution in [0.1, 0.15) is 39.0 Å². The third-order valence-electron chi connectivity index (χ3n) is 2.08. The van der Waals surface area contributed by atoms with Gasteiger partial charge < -0.3 is 4.74 Å². The number of hydrogen-bond donors (Lipinski definition) is 1. The van der Waals surface area contributed by atoms with Gasteiger partial charge in [-0.05, 0) is 19.3 Å². The van der Waals surface area contributed by atoms with E-state index < -0.39 is 10.0 Å². The van der Waals surface area contributed by atoms with Crippen LogP contribution in [0, 0.1) is 0 Å². The van der Waals surface area contributed by atoms with Crippen molar-refractivity contribution in [1.82, 2.24) is 4.72 Å². The monoisotopic (exact) mass is 251 g/mol. The van der Waals surface area contributed by atoms with E-state index >= 15 is 0 Å². The van der Waals surface area contributed by atoms with Crippen molar-refractivity contribution < 1.29 is 17.9 Å². The number of unbranched alkanes of at least 4 members (excludes halogenated alkanes) is 2. The highest BCUT2D eigenvalue weighted by Gasteiger charge is 2.06. The molecule has 0 aromatic rings. The van der Waals surface area contributed by atoms with Gasteiger partial charge in [0.05, 0.1) is 12.9 Å². The summed E-state index contributed by atoms with van der Waals surface area (Å²) in [5.41, 5.74) is 0. The van der Waals surface area contributed by atoms with Crippen LogP contribution in [-0.4, -0.2) is 33.8 Å². The Balaban J connectivity index is 3.44. The second kappa shape index (κ2) is 8.52. The van der Waals surface area contributed by atoms with E-state index in [0.29, 0.717) is 19.4 Å². The van der Waals surface area contributed by atoms with Crippen molar-refractivity contribution in [2.24, 2.45) is 0 Å². The summed E-state index contributed by atoms with van der Waals surface area (Å²) in [5.74, 6) is -0.0404. The van der Waals surface area contributed by atoms with Crippen molar-refractivity contribution in [3.63, 3.8) is 0 Å². The van der Waals surface area contributed by atoms with Crippen LogP contribution >= 0.6 is 0 Å². The lowest BCUT2D eigenvalue weighted by molar-refractivity contribution is -0.140. The van der Waals surface area contributed by atoms with Gasteiger partial charge in [-0.25, -0.2) is 13.1 Å². The summed E-state index contributed by atoms with van der Waals surface area (Å²) in [7, 11) is -1.72. The molecule has 0 amide bonds. The minimum absolute atomic E-state index is 0.176. The lowest BCUT2D eigenvalue weighted by Gasteiger charge is -2.04. The predicted molar refractivity (Wildman–Crippen MR) is 62.6 cm³/mol. The number of hydrogen-bond acceptors (Lipinski definition) is 4. The van der Waals surface area contributed by atoms with Crippen LogP contribution in [0.25, 0.3) is 0 Å². The molecule has 0 heterocycles. The molecule has 0 rings (SSSR count). The first-order valence-electron chi connectivity index (χ1n) is 5.56. The maximum atomic E-state index is 11.2. The number of carbonyl (C=O) groups is 1. The highest BCUT2D eigenvalue weighted by Crippen LogP contribution is 2.00. The number of nitrogens with one attached hydrogen (secondary N) is 1. The Hall–Kier alpha value is -0.620. The zero-order valence-corrected chi connectivity index (χ0v) is 10.8. The molecule has 0 aliphatic carbocycles. The van der Waals surface area contributed by atoms with E-state index in [1.165, 1.54) is 7.11 Å². The number of rotatable bonds is 9. The van der Waals surface area contributed by atoms with Gasteiger partial charge in [0.15, 0.2) is 0 Å². The van der Waals surface area contributed by atoms with E-state index in [0.717, 1.165) is 19.3 Å². The quantitative estimate of drug-likeness (QED) is 0.491. The molecule has 96 valence electrons. The molecule has 0 atom stereocenters. The number of ether oxygens (including phenoxy) is 1. The van der Waals surface area contributed by atoms with E-state index in [1.807, 2.05) is 6.92 Å². The van der Waals surface area contributed by atoms with Crippen LogP contribution in [0.5, 0.6) is 0 Å². The van der Waals surface area contributed by atoms with Gasteiger partial charge >= 0.3 is 5.97 Å². The normalized spacial score (nSPS) is 11.4. The Labute approximate surface area is 97.6 Å². The molecule has 0 aromatic carbocycles. The smallest absolute Gasteiger partial charge is 0.305 e. The Morgan fingerprint density at radius 2 is 1.94 bits per heavy atom. The summed E-state index contributed by atoms with van der Waals surface area (Å²) < 4.78 is 29.5. The molecule has 0 unspecified atom stereocenters. The number of sulfonamides is 1. The van der Waals surface area contributed by atoms with Gasteiger partial charge in [0, 0.05) is 13.0 Å². The summed E-state index contributed by atoms with van der Waals surface area (Å²) in [5, 5.41) is 0. The Morgan fingerprint density at radius 3 is 2.50 bits per heavy atom. The highest BCUT2D eigenvalue weighted by atomic mass is 32.2. The van der Waals surface area contributed by atoms with Crippen molar-refractivity contribution in [3.05, 3.63) is 0 Å². The molecule has 0 saturated heterocycles. The van der Waals surface area contributed by atoms with E-state index in [4.69, 9.17) is 0 Å². The molecule has 0 saturated carbocycles. The van der Waals surface area contributed by atoms with Crippen LogP contribution in [0.4, 0.5) is 0 Å². The molecule has 0 aliphatic rings. The first-order chi connectivity index (χ1) is 7.52. The van der Waals surface area contributed by atoms with E-state index in [2.05, 4.69) is 9.46 Å². The van der Waals surface area contributed by atoms with Crippen molar-refractivity contribution in [2.75, 3.05) is 19.4 Å². The van der Waals surface area contributed by atoms with Crippen molar-refractivity contribution in [1.29, 1.82) is 0 Å². The van der Waals surface area contributed by atoms with Crippen LogP contribution in [0.15, 0.2) is 0 Å². The average Bonchev–Trinajstić information content (AvgIpc) is 2.22. The summed E-state index contributed by atoms with van der Waals surface area (Å²) in [4.78, 5) is 10.8. The van der Waals surface area contributed by atoms with Crippen LogP contribution in [-0.2, 0) is 19.6 Å². The van der Waals surface area contributed by atoms with Gasteiger partial charge in [-0.15, -0.1) is 0 Å².